The van der Waals surface area contributed by atoms with Crippen LogP contribution in [-0.4, -0.2) is 21.0 Å². The number of nitrogens with two attached hydrogens (primary N) is 1. The molecule has 3 N–H and O–H groups in total. The highest BCUT2D eigenvalue weighted by Gasteiger charge is 2.33. The first-order chi connectivity index (χ1) is 9.97. The van der Waals surface area contributed by atoms with Crippen molar-refractivity contribution in [2.24, 2.45) is 11.7 Å². The molecular weight excluding hydrogens is 360 g/mol. The van der Waals surface area contributed by atoms with Crippen LogP contribution in [0, 0.1) is 11.7 Å². The summed E-state index contributed by atoms with van der Waals surface area (Å²) in [5, 5.41) is 0. The van der Waals surface area contributed by atoms with Gasteiger partial charge in [-0.25, -0.2) is 17.5 Å². The molecule has 0 aliphatic rings. The summed E-state index contributed by atoms with van der Waals surface area (Å²) in [5.74, 6) is -1.14. The summed E-state index contributed by atoms with van der Waals surface area (Å²) < 4.78 is 77.9. The van der Waals surface area contributed by atoms with Gasteiger partial charge in [0.2, 0.25) is 10.0 Å². The van der Waals surface area contributed by atoms with E-state index < -0.39 is 38.5 Å². The largest absolute Gasteiger partial charge is 0.416 e. The lowest BCUT2D eigenvalue weighted by Gasteiger charge is -2.19. The van der Waals surface area contributed by atoms with Crippen LogP contribution in [0.4, 0.5) is 17.6 Å². The first-order valence-corrected chi connectivity index (χ1v) is 8.05. The van der Waals surface area contributed by atoms with Crippen LogP contribution in [0.5, 0.6) is 0 Å². The molecule has 1 atom stereocenters. The summed E-state index contributed by atoms with van der Waals surface area (Å²) in [6, 6.07) is 0.569. The molecule has 1 unspecified atom stereocenters. The van der Waals surface area contributed by atoms with E-state index in [0.29, 0.717) is 18.6 Å². The molecule has 10 heteroatoms. The van der Waals surface area contributed by atoms with Gasteiger partial charge in [0.05, 0.1) is 5.56 Å². The van der Waals surface area contributed by atoms with E-state index in [-0.39, 0.29) is 30.9 Å². The van der Waals surface area contributed by atoms with Crippen molar-refractivity contribution in [2.45, 2.75) is 37.4 Å². The standard InChI is InChI=1S/C13H18F4N2O2S.ClH/c1-8(2)5-10(7-18)19-22(20,21)12-6-9(13(15,16)17)3-4-11(12)14;/h3-4,6,8,10,19H,5,7,18H2,1-2H3;1H. The molecule has 0 spiro atoms. The van der Waals surface area contributed by atoms with Crippen molar-refractivity contribution in [1.82, 2.24) is 4.72 Å². The Kier molecular flexibility index (Phi) is 7.95. The number of rotatable bonds is 6. The number of hydrogen-bond donors (Lipinski definition) is 2. The zero-order valence-electron chi connectivity index (χ0n) is 12.5. The van der Waals surface area contributed by atoms with Crippen LogP contribution in [0.2, 0.25) is 0 Å². The van der Waals surface area contributed by atoms with E-state index in [1.165, 1.54) is 0 Å². The fraction of sp³-hybridized carbons (Fsp3) is 0.538. The van der Waals surface area contributed by atoms with E-state index in [1.807, 2.05) is 13.8 Å². The summed E-state index contributed by atoms with van der Waals surface area (Å²) in [6.45, 7) is 3.63. The van der Waals surface area contributed by atoms with Gasteiger partial charge in [0.15, 0.2) is 0 Å². The molecule has 23 heavy (non-hydrogen) atoms. The average Bonchev–Trinajstić information content (AvgIpc) is 2.35. The number of alkyl halides is 3. The summed E-state index contributed by atoms with van der Waals surface area (Å²) in [5.41, 5.74) is 4.21. The average molecular weight is 379 g/mol. The van der Waals surface area contributed by atoms with Crippen molar-refractivity contribution < 1.29 is 26.0 Å². The quantitative estimate of drug-likeness (QED) is 0.747. The minimum atomic E-state index is -4.76. The van der Waals surface area contributed by atoms with Crippen molar-refractivity contribution in [3.8, 4) is 0 Å². The first-order valence-electron chi connectivity index (χ1n) is 6.56. The minimum absolute atomic E-state index is 0. The summed E-state index contributed by atoms with van der Waals surface area (Å²) in [7, 11) is -4.44. The molecule has 1 rings (SSSR count). The lowest BCUT2D eigenvalue weighted by atomic mass is 10.1. The molecule has 0 amide bonds. The molecule has 4 nitrogen and oxygen atoms in total. The van der Waals surface area contributed by atoms with Crippen molar-refractivity contribution in [1.29, 1.82) is 0 Å². The van der Waals surface area contributed by atoms with Crippen LogP contribution in [-0.2, 0) is 16.2 Å². The molecule has 0 heterocycles. The normalized spacial score (nSPS) is 13.7. The zero-order chi connectivity index (χ0) is 17.1. The number of benzene rings is 1. The third-order valence-electron chi connectivity index (χ3n) is 2.91. The Morgan fingerprint density at radius 1 is 1.26 bits per heavy atom. The molecule has 0 saturated heterocycles. The number of sulfonamides is 1. The Morgan fingerprint density at radius 2 is 1.83 bits per heavy atom. The topological polar surface area (TPSA) is 72.2 Å². The van der Waals surface area contributed by atoms with E-state index in [2.05, 4.69) is 4.72 Å². The van der Waals surface area contributed by atoms with Gasteiger partial charge in [-0.2, -0.15) is 13.2 Å². The number of halogens is 5. The van der Waals surface area contributed by atoms with Gasteiger partial charge >= 0.3 is 6.18 Å². The van der Waals surface area contributed by atoms with Gasteiger partial charge in [0.1, 0.15) is 10.7 Å². The summed E-state index contributed by atoms with van der Waals surface area (Å²) >= 11 is 0. The lowest BCUT2D eigenvalue weighted by Crippen LogP contribution is -2.41. The Bertz CT molecular complexity index is 621. The molecular formula is C13H19ClF4N2O2S. The maximum atomic E-state index is 13.7. The Hall–Kier alpha value is -0.900. The predicted molar refractivity (Wildman–Crippen MR) is 81.3 cm³/mol. The molecule has 0 bridgehead atoms. The molecule has 0 saturated carbocycles. The fourth-order valence-corrected chi connectivity index (χ4v) is 3.30. The third kappa shape index (κ3) is 6.25. The van der Waals surface area contributed by atoms with Crippen LogP contribution in [0.1, 0.15) is 25.8 Å². The highest BCUT2D eigenvalue weighted by Crippen LogP contribution is 2.31. The van der Waals surface area contributed by atoms with Crippen molar-refractivity contribution >= 4 is 22.4 Å². The van der Waals surface area contributed by atoms with Gasteiger partial charge in [-0.15, -0.1) is 12.4 Å². The molecule has 0 aromatic heterocycles. The monoisotopic (exact) mass is 378 g/mol. The van der Waals surface area contributed by atoms with Crippen LogP contribution in [0.25, 0.3) is 0 Å². The predicted octanol–water partition coefficient (Wildman–Crippen LogP) is 2.92. The number of nitrogens with one attached hydrogen (secondary N) is 1. The summed E-state index contributed by atoms with van der Waals surface area (Å²) in [6.07, 6.45) is -4.38. The van der Waals surface area contributed by atoms with Crippen LogP contribution in [0.3, 0.4) is 0 Å². The zero-order valence-corrected chi connectivity index (χ0v) is 14.2. The van der Waals surface area contributed by atoms with E-state index in [4.69, 9.17) is 5.73 Å². The molecule has 0 fully saturated rings. The van der Waals surface area contributed by atoms with Gasteiger partial charge in [-0.05, 0) is 30.5 Å². The lowest BCUT2D eigenvalue weighted by molar-refractivity contribution is -0.137. The first kappa shape index (κ1) is 22.1. The molecule has 0 aliphatic carbocycles. The molecule has 0 aliphatic heterocycles. The third-order valence-corrected chi connectivity index (χ3v) is 4.45. The van der Waals surface area contributed by atoms with Gasteiger partial charge in [0.25, 0.3) is 0 Å². The van der Waals surface area contributed by atoms with Crippen LogP contribution >= 0.6 is 12.4 Å². The van der Waals surface area contributed by atoms with Gasteiger partial charge < -0.3 is 5.73 Å². The van der Waals surface area contributed by atoms with E-state index in [1.54, 1.807) is 0 Å². The second kappa shape index (κ2) is 8.27. The fourth-order valence-electron chi connectivity index (χ4n) is 1.93. The Morgan fingerprint density at radius 3 is 2.26 bits per heavy atom. The highest BCUT2D eigenvalue weighted by atomic mass is 35.5. The maximum Gasteiger partial charge on any atom is 0.416 e. The smallest absolute Gasteiger partial charge is 0.329 e. The molecule has 1 aromatic rings. The van der Waals surface area contributed by atoms with E-state index in [0.717, 1.165) is 0 Å². The Labute approximate surface area is 138 Å². The van der Waals surface area contributed by atoms with Crippen molar-refractivity contribution in [2.75, 3.05) is 6.54 Å². The second-order valence-electron chi connectivity index (χ2n) is 5.33. The van der Waals surface area contributed by atoms with Crippen LogP contribution < -0.4 is 10.5 Å². The van der Waals surface area contributed by atoms with Crippen molar-refractivity contribution in [3.63, 3.8) is 0 Å². The number of hydrogen-bond acceptors (Lipinski definition) is 3. The molecule has 134 valence electrons. The van der Waals surface area contributed by atoms with E-state index in [9.17, 15) is 26.0 Å². The van der Waals surface area contributed by atoms with E-state index >= 15 is 0 Å². The highest BCUT2D eigenvalue weighted by molar-refractivity contribution is 7.89. The van der Waals surface area contributed by atoms with Gasteiger partial charge in [0, 0.05) is 12.6 Å². The SMILES string of the molecule is CC(C)CC(CN)NS(=O)(=O)c1cc(C(F)(F)F)ccc1F.Cl. The maximum absolute atomic E-state index is 13.7. The van der Waals surface area contributed by atoms with Gasteiger partial charge in [-0.1, -0.05) is 13.8 Å². The summed E-state index contributed by atoms with van der Waals surface area (Å²) in [4.78, 5) is -1.04. The molecule has 0 radical (unpaired) electrons. The van der Waals surface area contributed by atoms with Crippen LogP contribution in [0.15, 0.2) is 23.1 Å². The second-order valence-corrected chi connectivity index (χ2v) is 7.01. The Balaban J connectivity index is 0.00000484. The minimum Gasteiger partial charge on any atom is -0.329 e. The molecule has 1 aromatic carbocycles. The van der Waals surface area contributed by atoms with Crippen molar-refractivity contribution in [3.05, 3.63) is 29.6 Å². The van der Waals surface area contributed by atoms with Gasteiger partial charge in [-0.3, -0.25) is 0 Å².